The molecule has 0 atom stereocenters. The highest BCUT2D eigenvalue weighted by Gasteiger charge is 2.34. The fourth-order valence-electron chi connectivity index (χ4n) is 8.37. The van der Waals surface area contributed by atoms with Crippen molar-refractivity contribution in [3.05, 3.63) is 154 Å². The molecule has 2 heterocycles. The van der Waals surface area contributed by atoms with E-state index in [1.807, 2.05) is 0 Å². The highest BCUT2D eigenvalue weighted by molar-refractivity contribution is 5.94. The van der Waals surface area contributed by atoms with E-state index in [0.29, 0.717) is 0 Å². The Balaban J connectivity index is 1.36. The third-order valence-corrected chi connectivity index (χ3v) is 10.8. The van der Waals surface area contributed by atoms with Crippen molar-refractivity contribution < 1.29 is 0 Å². The van der Waals surface area contributed by atoms with Crippen molar-refractivity contribution >= 4 is 22.5 Å². The first-order valence-corrected chi connectivity index (χ1v) is 17.8. The molecule has 2 nitrogen and oxygen atoms in total. The Morgan fingerprint density at radius 3 is 1.37 bits per heavy atom. The molecule has 49 heavy (non-hydrogen) atoms. The van der Waals surface area contributed by atoms with Gasteiger partial charge in [-0.3, -0.25) is 0 Å². The summed E-state index contributed by atoms with van der Waals surface area (Å²) in [5.74, 6) is 0. The first-order chi connectivity index (χ1) is 23.3. The molecule has 5 aromatic rings. The van der Waals surface area contributed by atoms with Crippen molar-refractivity contribution in [1.29, 1.82) is 0 Å². The number of benzene rings is 5. The van der Waals surface area contributed by atoms with Crippen LogP contribution in [0.5, 0.6) is 0 Å². The van der Waals surface area contributed by atoms with E-state index in [-0.39, 0.29) is 11.1 Å². The molecule has 0 N–H and O–H groups in total. The molecule has 0 bridgehead atoms. The molecule has 0 amide bonds. The largest absolute Gasteiger partial charge is 0.358 e. The Morgan fingerprint density at radius 1 is 0.429 bits per heavy atom. The molecule has 0 unspecified atom stereocenters. The van der Waals surface area contributed by atoms with Gasteiger partial charge in [-0.1, -0.05) is 91.0 Å². The predicted molar refractivity (Wildman–Crippen MR) is 212 cm³/mol. The maximum absolute atomic E-state index is 2.58. The van der Waals surface area contributed by atoms with Crippen LogP contribution in [0.4, 0.5) is 11.4 Å². The topological polar surface area (TPSA) is 6.48 Å². The molecule has 5 aromatic carbocycles. The van der Waals surface area contributed by atoms with Gasteiger partial charge < -0.3 is 9.80 Å². The molecule has 0 radical (unpaired) electrons. The lowest BCUT2D eigenvalue weighted by atomic mass is 9.81. The molecule has 2 aliphatic heterocycles. The third kappa shape index (κ3) is 5.92. The van der Waals surface area contributed by atoms with Crippen LogP contribution in [0.15, 0.2) is 115 Å². The van der Waals surface area contributed by atoms with Gasteiger partial charge >= 0.3 is 0 Å². The first-order valence-electron chi connectivity index (χ1n) is 17.8. The van der Waals surface area contributed by atoms with Crippen LogP contribution in [0.1, 0.15) is 80.5 Å². The van der Waals surface area contributed by atoms with Crippen LogP contribution in [-0.2, 0) is 13.1 Å². The Bertz CT molecular complexity index is 2110. The van der Waals surface area contributed by atoms with Gasteiger partial charge in [0.15, 0.2) is 0 Å². The highest BCUT2D eigenvalue weighted by atomic mass is 15.2. The summed E-state index contributed by atoms with van der Waals surface area (Å²) in [4.78, 5) is 5.15. The van der Waals surface area contributed by atoms with E-state index in [1.165, 1.54) is 83.7 Å². The number of rotatable bonds is 6. The van der Waals surface area contributed by atoms with E-state index in [1.54, 1.807) is 0 Å². The fraction of sp³-hybridized carbons (Fsp3) is 0.277. The zero-order valence-electron chi connectivity index (χ0n) is 30.8. The molecule has 0 saturated heterocycles. The van der Waals surface area contributed by atoms with Gasteiger partial charge in [0.05, 0.1) is 11.1 Å². The summed E-state index contributed by atoms with van der Waals surface area (Å²) < 4.78 is 0. The summed E-state index contributed by atoms with van der Waals surface area (Å²) in [5, 5.41) is 0. The van der Waals surface area contributed by atoms with E-state index in [4.69, 9.17) is 0 Å². The predicted octanol–water partition coefficient (Wildman–Crippen LogP) is 12.4. The average Bonchev–Trinajstić information content (AvgIpc) is 3.05. The van der Waals surface area contributed by atoms with Gasteiger partial charge in [-0.15, -0.1) is 0 Å². The molecule has 0 aromatic heterocycles. The SMILES string of the molecule is CC1=CC(C)(C)N(Cc2ccccc2)c2cc(C)c(-c3cccc(C)c3-c3cc4c(cc3C)N(Cc3ccccc3)C(C)(C)C=C4C)cc21. The lowest BCUT2D eigenvalue weighted by Crippen LogP contribution is -2.44. The Labute approximate surface area is 294 Å². The van der Waals surface area contributed by atoms with E-state index in [9.17, 15) is 0 Å². The van der Waals surface area contributed by atoms with Crippen molar-refractivity contribution in [2.24, 2.45) is 0 Å². The maximum Gasteiger partial charge on any atom is 0.0538 e. The van der Waals surface area contributed by atoms with Crippen LogP contribution in [0, 0.1) is 20.8 Å². The van der Waals surface area contributed by atoms with Crippen molar-refractivity contribution in [3.8, 4) is 22.3 Å². The number of aryl methyl sites for hydroxylation is 3. The van der Waals surface area contributed by atoms with Gasteiger partial charge in [0.25, 0.3) is 0 Å². The van der Waals surface area contributed by atoms with Gasteiger partial charge in [0.1, 0.15) is 0 Å². The summed E-state index contributed by atoms with van der Waals surface area (Å²) in [6, 6.07) is 38.4. The number of fused-ring (bicyclic) bond motifs is 2. The van der Waals surface area contributed by atoms with Crippen LogP contribution in [-0.4, -0.2) is 11.1 Å². The minimum absolute atomic E-state index is 0.0933. The summed E-state index contributed by atoms with van der Waals surface area (Å²) in [5.41, 5.74) is 19.6. The molecule has 0 fully saturated rings. The average molecular weight is 643 g/mol. The summed E-state index contributed by atoms with van der Waals surface area (Å²) >= 11 is 0. The maximum atomic E-state index is 2.58. The van der Waals surface area contributed by atoms with Crippen LogP contribution in [0.2, 0.25) is 0 Å². The van der Waals surface area contributed by atoms with Crippen LogP contribution >= 0.6 is 0 Å². The molecule has 0 aliphatic carbocycles. The van der Waals surface area contributed by atoms with Crippen molar-refractivity contribution in [3.63, 3.8) is 0 Å². The Morgan fingerprint density at radius 2 is 0.878 bits per heavy atom. The van der Waals surface area contributed by atoms with Crippen molar-refractivity contribution in [2.45, 2.75) is 86.5 Å². The first kappa shape index (κ1) is 32.7. The fourth-order valence-corrected chi connectivity index (χ4v) is 8.37. The zero-order chi connectivity index (χ0) is 34.7. The second-order valence-electron chi connectivity index (χ2n) is 15.5. The lowest BCUT2D eigenvalue weighted by molar-refractivity contribution is 0.551. The minimum atomic E-state index is -0.0940. The van der Waals surface area contributed by atoms with Crippen LogP contribution < -0.4 is 9.80 Å². The number of anilines is 2. The molecular weight excluding hydrogens is 593 g/mol. The van der Waals surface area contributed by atoms with Crippen molar-refractivity contribution in [2.75, 3.05) is 9.80 Å². The molecule has 0 saturated carbocycles. The third-order valence-electron chi connectivity index (χ3n) is 10.8. The quantitative estimate of drug-likeness (QED) is 0.182. The van der Waals surface area contributed by atoms with E-state index >= 15 is 0 Å². The molecule has 2 heteroatoms. The monoisotopic (exact) mass is 642 g/mol. The second-order valence-corrected chi connectivity index (χ2v) is 15.5. The van der Waals surface area contributed by atoms with E-state index < -0.39 is 0 Å². The number of hydrogen-bond donors (Lipinski definition) is 0. The smallest absolute Gasteiger partial charge is 0.0538 e. The zero-order valence-corrected chi connectivity index (χ0v) is 30.8. The van der Waals surface area contributed by atoms with Crippen LogP contribution in [0.3, 0.4) is 0 Å². The summed E-state index contributed by atoms with van der Waals surface area (Å²) in [6.07, 6.45) is 4.89. The van der Waals surface area contributed by atoms with Crippen LogP contribution in [0.25, 0.3) is 33.4 Å². The molecule has 248 valence electrons. The van der Waals surface area contributed by atoms with E-state index in [0.717, 1.165) is 13.1 Å². The molecule has 2 aliphatic rings. The Kier molecular flexibility index (Phi) is 8.18. The standard InChI is InChI=1S/C47H50N2/c1-31-17-16-22-38(39-25-40-34(4)27-46(6,7)48(43(40)23-32(39)2)29-36-18-12-10-13-19-36)45(31)42-26-41-35(5)28-47(8,9)49(44(41)24-33(42)3)30-37-20-14-11-15-21-37/h10-28H,29-30H2,1-9H3. The second kappa shape index (κ2) is 12.3. The van der Waals surface area contributed by atoms with Gasteiger partial charge in [0, 0.05) is 35.6 Å². The number of nitrogens with zero attached hydrogens (tertiary/aromatic N) is 2. The normalized spacial score (nSPS) is 16.1. The summed E-state index contributed by atoms with van der Waals surface area (Å²) in [7, 11) is 0. The Hall–Kier alpha value is -4.82. The van der Waals surface area contributed by atoms with Gasteiger partial charge in [-0.2, -0.15) is 0 Å². The number of allylic oxidation sites excluding steroid dienone is 2. The highest BCUT2D eigenvalue weighted by Crippen LogP contribution is 2.48. The van der Waals surface area contributed by atoms with Gasteiger partial charge in [0.2, 0.25) is 0 Å². The number of hydrogen-bond acceptors (Lipinski definition) is 2. The molecular formula is C47H50N2. The molecule has 7 rings (SSSR count). The van der Waals surface area contributed by atoms with Crippen molar-refractivity contribution in [1.82, 2.24) is 0 Å². The minimum Gasteiger partial charge on any atom is -0.358 e. The lowest BCUT2D eigenvalue weighted by Gasteiger charge is -2.44. The summed E-state index contributed by atoms with van der Waals surface area (Å²) in [6.45, 7) is 22.5. The van der Waals surface area contributed by atoms with E-state index in [2.05, 4.69) is 187 Å². The van der Waals surface area contributed by atoms with Gasteiger partial charge in [-0.25, -0.2) is 0 Å². The molecule has 0 spiro atoms. The van der Waals surface area contributed by atoms with Gasteiger partial charge in [-0.05, 0) is 148 Å².